The molecule has 2 rings (SSSR count). The highest BCUT2D eigenvalue weighted by Crippen LogP contribution is 2.61. The van der Waals surface area contributed by atoms with Gasteiger partial charge in [0.1, 0.15) is 5.60 Å². The zero-order valence-corrected chi connectivity index (χ0v) is 7.72. The van der Waals surface area contributed by atoms with Gasteiger partial charge in [0.05, 0.1) is 7.11 Å². The van der Waals surface area contributed by atoms with Crippen molar-refractivity contribution in [2.45, 2.75) is 38.4 Å². The van der Waals surface area contributed by atoms with Crippen molar-refractivity contribution in [3.05, 3.63) is 0 Å². The molecule has 12 heavy (non-hydrogen) atoms. The molecule has 0 aromatic heterocycles. The van der Waals surface area contributed by atoms with Gasteiger partial charge in [-0.15, -0.1) is 0 Å². The molecule has 1 saturated carbocycles. The molecule has 2 fully saturated rings. The first-order chi connectivity index (χ1) is 5.49. The lowest BCUT2D eigenvalue weighted by Crippen LogP contribution is -2.42. The molecule has 3 nitrogen and oxygen atoms in total. The van der Waals surface area contributed by atoms with Crippen molar-refractivity contribution < 1.29 is 14.3 Å². The lowest BCUT2D eigenvalue weighted by molar-refractivity contribution is -0.142. The molecule has 0 aromatic rings. The van der Waals surface area contributed by atoms with Crippen molar-refractivity contribution in [3.63, 3.8) is 0 Å². The summed E-state index contributed by atoms with van der Waals surface area (Å²) in [5.74, 6) is -0.217. The van der Waals surface area contributed by atoms with E-state index in [1.165, 1.54) is 7.11 Å². The van der Waals surface area contributed by atoms with E-state index in [-0.39, 0.29) is 17.7 Å². The summed E-state index contributed by atoms with van der Waals surface area (Å²) >= 11 is 0. The lowest BCUT2D eigenvalue weighted by Gasteiger charge is -2.40. The quantitative estimate of drug-likeness (QED) is 0.437. The lowest BCUT2D eigenvalue weighted by atomic mass is 9.63. The van der Waals surface area contributed by atoms with Gasteiger partial charge in [-0.25, -0.2) is 4.79 Å². The SMILES string of the molecule is COC(=O)C1OC12CC(C)(C)C2. The van der Waals surface area contributed by atoms with Gasteiger partial charge in [-0.2, -0.15) is 0 Å². The van der Waals surface area contributed by atoms with Crippen LogP contribution in [0.4, 0.5) is 0 Å². The van der Waals surface area contributed by atoms with Crippen LogP contribution in [0.5, 0.6) is 0 Å². The Morgan fingerprint density at radius 2 is 2.08 bits per heavy atom. The Bertz CT molecular complexity index is 224. The van der Waals surface area contributed by atoms with Crippen LogP contribution in [-0.2, 0) is 14.3 Å². The van der Waals surface area contributed by atoms with Gasteiger partial charge in [-0.1, -0.05) is 13.8 Å². The Labute approximate surface area is 72.0 Å². The zero-order chi connectivity index (χ0) is 8.98. The van der Waals surface area contributed by atoms with Gasteiger partial charge in [-0.3, -0.25) is 0 Å². The zero-order valence-electron chi connectivity index (χ0n) is 7.72. The largest absolute Gasteiger partial charge is 0.467 e. The van der Waals surface area contributed by atoms with Gasteiger partial charge in [0.25, 0.3) is 0 Å². The average Bonchev–Trinajstić information content (AvgIpc) is 2.59. The molecule has 1 atom stereocenters. The third kappa shape index (κ3) is 0.959. The van der Waals surface area contributed by atoms with Gasteiger partial charge in [0, 0.05) is 0 Å². The minimum absolute atomic E-state index is 0.128. The van der Waals surface area contributed by atoms with E-state index in [0.717, 1.165) is 12.8 Å². The third-order valence-electron chi connectivity index (χ3n) is 2.74. The fraction of sp³-hybridized carbons (Fsp3) is 0.889. The maximum atomic E-state index is 11.0. The van der Waals surface area contributed by atoms with Crippen LogP contribution in [0.2, 0.25) is 0 Å². The van der Waals surface area contributed by atoms with E-state index >= 15 is 0 Å². The number of hydrogen-bond acceptors (Lipinski definition) is 3. The van der Waals surface area contributed by atoms with Crippen LogP contribution in [0.1, 0.15) is 26.7 Å². The predicted molar refractivity (Wildman–Crippen MR) is 42.6 cm³/mol. The van der Waals surface area contributed by atoms with E-state index in [0.29, 0.717) is 5.41 Å². The van der Waals surface area contributed by atoms with Crippen molar-refractivity contribution in [2.75, 3.05) is 7.11 Å². The summed E-state index contributed by atoms with van der Waals surface area (Å²) in [4.78, 5) is 11.0. The Balaban J connectivity index is 1.93. The van der Waals surface area contributed by atoms with Gasteiger partial charge in [0.2, 0.25) is 0 Å². The van der Waals surface area contributed by atoms with Gasteiger partial charge < -0.3 is 9.47 Å². The summed E-state index contributed by atoms with van der Waals surface area (Å²) in [6.07, 6.45) is 1.70. The summed E-state index contributed by atoms with van der Waals surface area (Å²) in [6.45, 7) is 4.38. The maximum Gasteiger partial charge on any atom is 0.338 e. The molecule has 1 spiro atoms. The molecule has 1 heterocycles. The smallest absolute Gasteiger partial charge is 0.338 e. The predicted octanol–water partition coefficient (Wildman–Crippen LogP) is 1.12. The Morgan fingerprint density at radius 1 is 1.50 bits per heavy atom. The molecule has 1 saturated heterocycles. The number of esters is 1. The molecular formula is C9H14O3. The van der Waals surface area contributed by atoms with Gasteiger partial charge >= 0.3 is 5.97 Å². The van der Waals surface area contributed by atoms with Crippen LogP contribution < -0.4 is 0 Å². The number of hydrogen-bond donors (Lipinski definition) is 0. The second kappa shape index (κ2) is 2.02. The van der Waals surface area contributed by atoms with E-state index < -0.39 is 0 Å². The van der Waals surface area contributed by atoms with E-state index in [4.69, 9.17) is 4.74 Å². The Kier molecular flexibility index (Phi) is 1.35. The Hall–Kier alpha value is -0.570. The average molecular weight is 170 g/mol. The molecule has 3 heteroatoms. The van der Waals surface area contributed by atoms with Crippen molar-refractivity contribution in [1.82, 2.24) is 0 Å². The minimum Gasteiger partial charge on any atom is -0.467 e. The standard InChI is InChI=1S/C9H14O3/c1-8(2)4-9(5-8)6(12-9)7(10)11-3/h6H,4-5H2,1-3H3. The monoisotopic (exact) mass is 170 g/mol. The van der Waals surface area contributed by atoms with E-state index in [9.17, 15) is 4.79 Å². The van der Waals surface area contributed by atoms with Crippen molar-refractivity contribution in [3.8, 4) is 0 Å². The molecule has 68 valence electrons. The maximum absolute atomic E-state index is 11.0. The van der Waals surface area contributed by atoms with Gasteiger partial charge in [-0.05, 0) is 18.3 Å². The molecule has 0 aromatic carbocycles. The van der Waals surface area contributed by atoms with Crippen LogP contribution in [-0.4, -0.2) is 24.8 Å². The molecule has 1 aliphatic carbocycles. The van der Waals surface area contributed by atoms with E-state index in [1.54, 1.807) is 0 Å². The fourth-order valence-electron chi connectivity index (χ4n) is 2.41. The molecule has 1 unspecified atom stereocenters. The van der Waals surface area contributed by atoms with Crippen molar-refractivity contribution in [1.29, 1.82) is 0 Å². The van der Waals surface area contributed by atoms with Crippen molar-refractivity contribution in [2.24, 2.45) is 5.41 Å². The number of carbonyl (C=O) groups excluding carboxylic acids is 1. The summed E-state index contributed by atoms with van der Waals surface area (Å²) < 4.78 is 9.96. The van der Waals surface area contributed by atoms with E-state index in [2.05, 4.69) is 18.6 Å². The van der Waals surface area contributed by atoms with Crippen LogP contribution in [0.15, 0.2) is 0 Å². The highest BCUT2D eigenvalue weighted by molar-refractivity contribution is 5.79. The Morgan fingerprint density at radius 3 is 2.50 bits per heavy atom. The molecule has 0 radical (unpaired) electrons. The number of methoxy groups -OCH3 is 1. The third-order valence-corrected chi connectivity index (χ3v) is 2.74. The van der Waals surface area contributed by atoms with E-state index in [1.807, 2.05) is 0 Å². The fourth-order valence-corrected chi connectivity index (χ4v) is 2.41. The second-order valence-corrected chi connectivity index (χ2v) is 4.60. The number of epoxide rings is 1. The first-order valence-corrected chi connectivity index (χ1v) is 4.25. The summed E-state index contributed by atoms with van der Waals surface area (Å²) in [5, 5.41) is 0. The summed E-state index contributed by atoms with van der Waals surface area (Å²) in [6, 6.07) is 0. The second-order valence-electron chi connectivity index (χ2n) is 4.60. The van der Waals surface area contributed by atoms with Crippen LogP contribution >= 0.6 is 0 Å². The molecular weight excluding hydrogens is 156 g/mol. The van der Waals surface area contributed by atoms with Gasteiger partial charge in [0.15, 0.2) is 6.10 Å². The highest BCUT2D eigenvalue weighted by Gasteiger charge is 2.70. The molecule has 0 N–H and O–H groups in total. The molecule has 0 bridgehead atoms. The normalized spacial score (nSPS) is 34.1. The molecule has 0 amide bonds. The first-order valence-electron chi connectivity index (χ1n) is 4.25. The van der Waals surface area contributed by atoms with Crippen LogP contribution in [0, 0.1) is 5.41 Å². The van der Waals surface area contributed by atoms with Crippen LogP contribution in [0.25, 0.3) is 0 Å². The molecule has 1 aliphatic heterocycles. The summed E-state index contributed by atoms with van der Waals surface area (Å²) in [7, 11) is 1.40. The molecule has 2 aliphatic rings. The van der Waals surface area contributed by atoms with Crippen molar-refractivity contribution >= 4 is 5.97 Å². The number of rotatable bonds is 1. The number of ether oxygens (including phenoxy) is 2. The minimum atomic E-state index is -0.268. The topological polar surface area (TPSA) is 38.8 Å². The highest BCUT2D eigenvalue weighted by atomic mass is 16.7. The summed E-state index contributed by atoms with van der Waals surface area (Å²) in [5.41, 5.74) is 0.222. The van der Waals surface area contributed by atoms with Crippen LogP contribution in [0.3, 0.4) is 0 Å². The first kappa shape index (κ1) is 8.05. The number of carbonyl (C=O) groups is 1.